The lowest BCUT2D eigenvalue weighted by molar-refractivity contribution is 0.469. The number of ether oxygens (including phenoxy) is 1. The van der Waals surface area contributed by atoms with E-state index in [4.69, 9.17) is 16.3 Å². The minimum absolute atomic E-state index is 0.395. The molecule has 106 valence electrons. The molecule has 0 saturated heterocycles. The average Bonchev–Trinajstić information content (AvgIpc) is 2.40. The number of nitrogens with one attached hydrogen (secondary N) is 1. The summed E-state index contributed by atoms with van der Waals surface area (Å²) in [4.78, 5) is 0. The molecule has 0 unspecified atom stereocenters. The maximum Gasteiger partial charge on any atom is 0.133 e. The van der Waals surface area contributed by atoms with Crippen molar-refractivity contribution in [3.05, 3.63) is 57.5 Å². The van der Waals surface area contributed by atoms with Crippen LogP contribution in [0.2, 0.25) is 5.02 Å². The molecule has 0 aliphatic carbocycles. The van der Waals surface area contributed by atoms with E-state index in [1.165, 1.54) is 0 Å². The lowest BCUT2D eigenvalue weighted by atomic mass is 10.2. The van der Waals surface area contributed by atoms with Gasteiger partial charge in [-0.05, 0) is 36.4 Å². The lowest BCUT2D eigenvalue weighted by Crippen LogP contribution is -2.22. The summed E-state index contributed by atoms with van der Waals surface area (Å²) in [6.07, 6.45) is 0. The average molecular weight is 355 g/mol. The van der Waals surface area contributed by atoms with Crippen LogP contribution in [-0.4, -0.2) is 6.04 Å². The van der Waals surface area contributed by atoms with Gasteiger partial charge in [-0.2, -0.15) is 0 Å². The first-order valence-corrected chi connectivity index (χ1v) is 7.67. The third-order valence-electron chi connectivity index (χ3n) is 2.80. The third-order valence-corrected chi connectivity index (χ3v) is 3.69. The van der Waals surface area contributed by atoms with Gasteiger partial charge in [-0.1, -0.05) is 47.4 Å². The van der Waals surface area contributed by atoms with Gasteiger partial charge in [0.15, 0.2) is 0 Å². The summed E-state index contributed by atoms with van der Waals surface area (Å²) in [7, 11) is 0. The maximum atomic E-state index is 6.28. The highest BCUT2D eigenvalue weighted by atomic mass is 79.9. The van der Waals surface area contributed by atoms with Crippen molar-refractivity contribution in [3.63, 3.8) is 0 Å². The molecule has 0 heterocycles. The summed E-state index contributed by atoms with van der Waals surface area (Å²) in [6.45, 7) is 4.89. The molecular formula is C16H17BrClNO. The first-order chi connectivity index (χ1) is 9.56. The van der Waals surface area contributed by atoms with Gasteiger partial charge in [-0.3, -0.25) is 0 Å². The van der Waals surface area contributed by atoms with Gasteiger partial charge in [0.1, 0.15) is 11.5 Å². The van der Waals surface area contributed by atoms with Gasteiger partial charge < -0.3 is 10.1 Å². The third kappa shape index (κ3) is 4.23. The van der Waals surface area contributed by atoms with Crippen LogP contribution in [0.1, 0.15) is 19.4 Å². The fourth-order valence-corrected chi connectivity index (χ4v) is 2.24. The first kappa shape index (κ1) is 15.4. The van der Waals surface area contributed by atoms with Crippen LogP contribution in [0.3, 0.4) is 0 Å². The quantitative estimate of drug-likeness (QED) is 0.777. The van der Waals surface area contributed by atoms with E-state index in [1.54, 1.807) is 0 Å². The molecular weight excluding hydrogens is 338 g/mol. The zero-order valence-corrected chi connectivity index (χ0v) is 13.8. The smallest absolute Gasteiger partial charge is 0.133 e. The van der Waals surface area contributed by atoms with Gasteiger partial charge in [0.25, 0.3) is 0 Å². The molecule has 20 heavy (non-hydrogen) atoms. The van der Waals surface area contributed by atoms with Crippen molar-refractivity contribution >= 4 is 27.5 Å². The van der Waals surface area contributed by atoms with Crippen molar-refractivity contribution < 1.29 is 4.74 Å². The standard InChI is InChI=1S/C16H17BrClNO/c1-11(2)19-10-14-15(18)4-3-5-16(14)20-13-8-6-12(17)7-9-13/h3-9,11,19H,10H2,1-2H3. The topological polar surface area (TPSA) is 21.3 Å². The van der Waals surface area contributed by atoms with Crippen LogP contribution in [0.25, 0.3) is 0 Å². The second-order valence-electron chi connectivity index (χ2n) is 4.81. The monoisotopic (exact) mass is 353 g/mol. The molecule has 0 radical (unpaired) electrons. The van der Waals surface area contributed by atoms with Crippen LogP contribution in [-0.2, 0) is 6.54 Å². The van der Waals surface area contributed by atoms with Crippen LogP contribution in [0.5, 0.6) is 11.5 Å². The SMILES string of the molecule is CC(C)NCc1c(Cl)cccc1Oc1ccc(Br)cc1. The zero-order chi connectivity index (χ0) is 14.5. The minimum Gasteiger partial charge on any atom is -0.457 e. The number of hydrogen-bond donors (Lipinski definition) is 1. The van der Waals surface area contributed by atoms with Crippen LogP contribution in [0, 0.1) is 0 Å². The number of benzene rings is 2. The summed E-state index contributed by atoms with van der Waals surface area (Å²) >= 11 is 9.69. The second-order valence-corrected chi connectivity index (χ2v) is 6.13. The molecule has 4 heteroatoms. The van der Waals surface area contributed by atoms with Crippen molar-refractivity contribution in [1.82, 2.24) is 5.32 Å². The Bertz CT molecular complexity index is 569. The largest absolute Gasteiger partial charge is 0.457 e. The Morgan fingerprint density at radius 3 is 2.50 bits per heavy atom. The van der Waals surface area contributed by atoms with E-state index in [0.717, 1.165) is 21.5 Å². The molecule has 0 saturated carbocycles. The van der Waals surface area contributed by atoms with E-state index in [0.29, 0.717) is 17.6 Å². The molecule has 0 fully saturated rings. The lowest BCUT2D eigenvalue weighted by Gasteiger charge is -2.15. The minimum atomic E-state index is 0.395. The molecule has 0 spiro atoms. The number of halogens is 2. The number of rotatable bonds is 5. The Morgan fingerprint density at radius 2 is 1.85 bits per heavy atom. The van der Waals surface area contributed by atoms with E-state index in [1.807, 2.05) is 42.5 Å². The van der Waals surface area contributed by atoms with Crippen molar-refractivity contribution in [1.29, 1.82) is 0 Å². The second kappa shape index (κ2) is 7.11. The summed E-state index contributed by atoms with van der Waals surface area (Å²) in [6, 6.07) is 13.9. The molecule has 0 amide bonds. The Morgan fingerprint density at radius 1 is 1.15 bits per heavy atom. The molecule has 2 rings (SSSR count). The molecule has 2 aromatic carbocycles. The Hall–Kier alpha value is -1.03. The zero-order valence-electron chi connectivity index (χ0n) is 11.5. The molecule has 0 aromatic heterocycles. The molecule has 0 aliphatic rings. The van der Waals surface area contributed by atoms with Gasteiger partial charge in [-0.15, -0.1) is 0 Å². The predicted molar refractivity (Wildman–Crippen MR) is 87.6 cm³/mol. The molecule has 2 aromatic rings. The Labute approximate surface area is 133 Å². The van der Waals surface area contributed by atoms with Gasteiger partial charge in [0, 0.05) is 27.6 Å². The molecule has 2 nitrogen and oxygen atoms in total. The Kier molecular flexibility index (Phi) is 5.46. The van der Waals surface area contributed by atoms with Crippen LogP contribution in [0.15, 0.2) is 46.9 Å². The molecule has 0 bridgehead atoms. The van der Waals surface area contributed by atoms with Crippen molar-refractivity contribution in [3.8, 4) is 11.5 Å². The fourth-order valence-electron chi connectivity index (χ4n) is 1.74. The highest BCUT2D eigenvalue weighted by Gasteiger charge is 2.09. The van der Waals surface area contributed by atoms with E-state index in [2.05, 4.69) is 35.1 Å². The first-order valence-electron chi connectivity index (χ1n) is 6.50. The van der Waals surface area contributed by atoms with Crippen molar-refractivity contribution in [2.75, 3.05) is 0 Å². The maximum absolute atomic E-state index is 6.28. The van der Waals surface area contributed by atoms with Crippen LogP contribution >= 0.6 is 27.5 Å². The number of hydrogen-bond acceptors (Lipinski definition) is 2. The summed E-state index contributed by atoms with van der Waals surface area (Å²) in [5.74, 6) is 1.58. The van der Waals surface area contributed by atoms with E-state index in [-0.39, 0.29) is 0 Å². The molecule has 0 atom stereocenters. The van der Waals surface area contributed by atoms with Crippen LogP contribution in [0.4, 0.5) is 0 Å². The van der Waals surface area contributed by atoms with Gasteiger partial charge in [0.05, 0.1) is 0 Å². The van der Waals surface area contributed by atoms with E-state index < -0.39 is 0 Å². The highest BCUT2D eigenvalue weighted by molar-refractivity contribution is 9.10. The van der Waals surface area contributed by atoms with Gasteiger partial charge in [-0.25, -0.2) is 0 Å². The normalized spacial score (nSPS) is 10.8. The van der Waals surface area contributed by atoms with Crippen molar-refractivity contribution in [2.24, 2.45) is 0 Å². The summed E-state index contributed by atoms with van der Waals surface area (Å²) in [5, 5.41) is 4.08. The highest BCUT2D eigenvalue weighted by Crippen LogP contribution is 2.31. The summed E-state index contributed by atoms with van der Waals surface area (Å²) < 4.78 is 6.96. The fraction of sp³-hybridized carbons (Fsp3) is 0.250. The summed E-state index contributed by atoms with van der Waals surface area (Å²) in [5.41, 5.74) is 0.978. The van der Waals surface area contributed by atoms with Gasteiger partial charge >= 0.3 is 0 Å². The predicted octanol–water partition coefficient (Wildman–Crippen LogP) is 5.39. The van der Waals surface area contributed by atoms with Crippen molar-refractivity contribution in [2.45, 2.75) is 26.4 Å². The molecule has 0 aliphatic heterocycles. The van der Waals surface area contributed by atoms with Gasteiger partial charge in [0.2, 0.25) is 0 Å². The van der Waals surface area contributed by atoms with Crippen LogP contribution < -0.4 is 10.1 Å². The van der Waals surface area contributed by atoms with E-state index in [9.17, 15) is 0 Å². The molecule has 1 N–H and O–H groups in total. The van der Waals surface area contributed by atoms with E-state index >= 15 is 0 Å². The Balaban J connectivity index is 2.22.